The molecule has 1 aromatic heterocycles. The van der Waals surface area contributed by atoms with Gasteiger partial charge in [-0.1, -0.05) is 32.1 Å². The molecule has 1 saturated carbocycles. The molecule has 0 bridgehead atoms. The van der Waals surface area contributed by atoms with Crippen molar-refractivity contribution in [2.45, 2.75) is 81.6 Å². The van der Waals surface area contributed by atoms with E-state index in [0.717, 1.165) is 49.4 Å². The van der Waals surface area contributed by atoms with E-state index in [1.165, 1.54) is 43.4 Å². The second kappa shape index (κ2) is 7.12. The van der Waals surface area contributed by atoms with Gasteiger partial charge in [0.15, 0.2) is 0 Å². The monoisotopic (exact) mass is 360 g/mol. The Morgan fingerprint density at radius 2 is 1.64 bits per heavy atom. The van der Waals surface area contributed by atoms with E-state index in [4.69, 9.17) is 0 Å². The minimum Gasteiger partial charge on any atom is -0.358 e. The van der Waals surface area contributed by atoms with Crippen molar-refractivity contribution in [1.82, 2.24) is 9.71 Å². The van der Waals surface area contributed by atoms with Crippen molar-refractivity contribution in [2.75, 3.05) is 0 Å². The molecule has 2 aliphatic carbocycles. The normalized spacial score (nSPS) is 20.2. The van der Waals surface area contributed by atoms with Gasteiger partial charge in [-0.15, -0.1) is 0 Å². The minimum absolute atomic E-state index is 0.0844. The van der Waals surface area contributed by atoms with Crippen LogP contribution in [0.5, 0.6) is 0 Å². The van der Waals surface area contributed by atoms with Crippen LogP contribution in [0.2, 0.25) is 0 Å². The van der Waals surface area contributed by atoms with E-state index in [0.29, 0.717) is 4.90 Å². The third-order valence-electron chi connectivity index (χ3n) is 5.81. The number of hydrogen-bond donors (Lipinski definition) is 2. The Bertz CT molecular complexity index is 846. The summed E-state index contributed by atoms with van der Waals surface area (Å²) >= 11 is 0. The molecule has 0 radical (unpaired) electrons. The van der Waals surface area contributed by atoms with Gasteiger partial charge in [-0.2, -0.15) is 0 Å². The van der Waals surface area contributed by atoms with E-state index in [1.807, 2.05) is 12.1 Å². The Hall–Kier alpha value is -1.33. The fourth-order valence-corrected chi connectivity index (χ4v) is 5.74. The van der Waals surface area contributed by atoms with Crippen LogP contribution in [0.3, 0.4) is 0 Å². The molecule has 0 saturated heterocycles. The maximum Gasteiger partial charge on any atom is 0.240 e. The molecule has 4 nitrogen and oxygen atoms in total. The van der Waals surface area contributed by atoms with Gasteiger partial charge in [-0.3, -0.25) is 0 Å². The Balaban J connectivity index is 1.60. The number of sulfonamides is 1. The van der Waals surface area contributed by atoms with E-state index in [9.17, 15) is 8.42 Å². The lowest BCUT2D eigenvalue weighted by Gasteiger charge is -2.21. The highest BCUT2D eigenvalue weighted by molar-refractivity contribution is 7.89. The van der Waals surface area contributed by atoms with Crippen LogP contribution in [0.15, 0.2) is 23.1 Å². The number of nitrogens with one attached hydrogen (secondary N) is 2. The SMILES string of the molecule is O=S(=O)(NC1CCCCCCC1)c1ccc2[nH]c3c(c2c1)CCCC3. The highest BCUT2D eigenvalue weighted by Gasteiger charge is 2.22. The van der Waals surface area contributed by atoms with Crippen LogP contribution in [-0.4, -0.2) is 19.4 Å². The van der Waals surface area contributed by atoms with E-state index in [1.54, 1.807) is 6.07 Å². The second-order valence-corrected chi connectivity index (χ2v) is 9.37. The van der Waals surface area contributed by atoms with Crippen LogP contribution in [0.4, 0.5) is 0 Å². The molecule has 0 spiro atoms. The molecule has 5 heteroatoms. The van der Waals surface area contributed by atoms with Crippen LogP contribution >= 0.6 is 0 Å². The van der Waals surface area contributed by atoms with Gasteiger partial charge in [0.05, 0.1) is 4.90 Å². The molecule has 1 fully saturated rings. The topological polar surface area (TPSA) is 62.0 Å². The van der Waals surface area contributed by atoms with Crippen molar-refractivity contribution in [1.29, 1.82) is 0 Å². The summed E-state index contributed by atoms with van der Waals surface area (Å²) in [6.07, 6.45) is 12.4. The summed E-state index contributed by atoms with van der Waals surface area (Å²) < 4.78 is 28.8. The lowest BCUT2D eigenvalue weighted by molar-refractivity contribution is 0.426. The molecule has 1 aromatic carbocycles. The first-order valence-electron chi connectivity index (χ1n) is 9.79. The van der Waals surface area contributed by atoms with Gasteiger partial charge < -0.3 is 4.98 Å². The third-order valence-corrected chi connectivity index (χ3v) is 7.33. The molecular formula is C20H28N2O2S. The average molecular weight is 361 g/mol. The summed E-state index contributed by atoms with van der Waals surface area (Å²) in [6, 6.07) is 5.64. The summed E-state index contributed by atoms with van der Waals surface area (Å²) in [7, 11) is -3.45. The zero-order valence-electron chi connectivity index (χ0n) is 14.8. The molecule has 0 atom stereocenters. The van der Waals surface area contributed by atoms with E-state index >= 15 is 0 Å². The van der Waals surface area contributed by atoms with Gasteiger partial charge >= 0.3 is 0 Å². The molecule has 2 aromatic rings. The van der Waals surface area contributed by atoms with E-state index < -0.39 is 10.0 Å². The minimum atomic E-state index is -3.45. The van der Waals surface area contributed by atoms with Crippen LogP contribution in [0.25, 0.3) is 10.9 Å². The molecule has 0 amide bonds. The van der Waals surface area contributed by atoms with E-state index in [2.05, 4.69) is 9.71 Å². The largest absolute Gasteiger partial charge is 0.358 e. The maximum absolute atomic E-state index is 12.9. The summed E-state index contributed by atoms with van der Waals surface area (Å²) in [5.41, 5.74) is 3.69. The Morgan fingerprint density at radius 1 is 0.920 bits per heavy atom. The molecule has 2 aliphatic rings. The Morgan fingerprint density at radius 3 is 2.44 bits per heavy atom. The molecule has 136 valence electrons. The van der Waals surface area contributed by atoms with Crippen LogP contribution in [0.1, 0.15) is 69.0 Å². The zero-order valence-corrected chi connectivity index (χ0v) is 15.6. The molecule has 4 rings (SSSR count). The molecule has 2 N–H and O–H groups in total. The van der Waals surface area contributed by atoms with Gasteiger partial charge in [0.2, 0.25) is 10.0 Å². The number of aromatic nitrogens is 1. The fourth-order valence-electron chi connectivity index (χ4n) is 4.41. The Kier molecular flexibility index (Phi) is 4.87. The Labute approximate surface area is 150 Å². The lowest BCUT2D eigenvalue weighted by atomic mass is 9.96. The maximum atomic E-state index is 12.9. The standard InChI is InChI=1S/C20H28N2O2S/c23-25(24,22-15-8-4-2-1-3-5-9-15)16-12-13-20-18(14-16)17-10-6-7-11-19(17)21-20/h12-15,21-22H,1-11H2. The van der Waals surface area contributed by atoms with Crippen molar-refractivity contribution in [3.63, 3.8) is 0 Å². The van der Waals surface area contributed by atoms with Gasteiger partial charge in [0, 0.05) is 22.6 Å². The summed E-state index contributed by atoms with van der Waals surface area (Å²) in [4.78, 5) is 3.89. The number of benzene rings is 1. The quantitative estimate of drug-likeness (QED) is 0.850. The van der Waals surface area contributed by atoms with Gasteiger partial charge in [-0.25, -0.2) is 13.1 Å². The fraction of sp³-hybridized carbons (Fsp3) is 0.600. The van der Waals surface area contributed by atoms with Crippen molar-refractivity contribution < 1.29 is 8.42 Å². The number of rotatable bonds is 3. The smallest absolute Gasteiger partial charge is 0.240 e. The lowest BCUT2D eigenvalue weighted by Crippen LogP contribution is -2.35. The number of hydrogen-bond acceptors (Lipinski definition) is 2. The van der Waals surface area contributed by atoms with Crippen molar-refractivity contribution in [3.05, 3.63) is 29.5 Å². The summed E-state index contributed by atoms with van der Waals surface area (Å²) in [5, 5.41) is 1.09. The van der Waals surface area contributed by atoms with Crippen molar-refractivity contribution in [3.8, 4) is 0 Å². The molecule has 0 unspecified atom stereocenters. The van der Waals surface area contributed by atoms with E-state index in [-0.39, 0.29) is 6.04 Å². The van der Waals surface area contributed by atoms with Crippen molar-refractivity contribution in [2.24, 2.45) is 0 Å². The number of fused-ring (bicyclic) bond motifs is 3. The predicted octanol–water partition coefficient (Wildman–Crippen LogP) is 4.44. The van der Waals surface area contributed by atoms with Crippen LogP contribution in [0, 0.1) is 0 Å². The molecule has 1 heterocycles. The van der Waals surface area contributed by atoms with Gasteiger partial charge in [-0.05, 0) is 62.3 Å². The molecule has 25 heavy (non-hydrogen) atoms. The predicted molar refractivity (Wildman–Crippen MR) is 101 cm³/mol. The first-order valence-corrected chi connectivity index (χ1v) is 11.3. The highest BCUT2D eigenvalue weighted by atomic mass is 32.2. The third kappa shape index (κ3) is 3.63. The van der Waals surface area contributed by atoms with Gasteiger partial charge in [0.1, 0.15) is 0 Å². The number of H-pyrrole nitrogens is 1. The van der Waals surface area contributed by atoms with Gasteiger partial charge in [0.25, 0.3) is 0 Å². The summed E-state index contributed by atoms with van der Waals surface area (Å²) in [6.45, 7) is 0. The average Bonchev–Trinajstić information content (AvgIpc) is 2.95. The zero-order chi connectivity index (χ0) is 17.3. The second-order valence-electron chi connectivity index (χ2n) is 7.66. The number of aromatic amines is 1. The summed E-state index contributed by atoms with van der Waals surface area (Å²) in [5.74, 6) is 0. The number of aryl methyl sites for hydroxylation is 2. The van der Waals surface area contributed by atoms with Crippen molar-refractivity contribution >= 4 is 20.9 Å². The molecule has 0 aliphatic heterocycles. The highest BCUT2D eigenvalue weighted by Crippen LogP contribution is 2.31. The molecular weight excluding hydrogens is 332 g/mol. The first kappa shape index (κ1) is 17.1. The van der Waals surface area contributed by atoms with Crippen LogP contribution < -0.4 is 4.72 Å². The first-order chi connectivity index (χ1) is 12.1. The van der Waals surface area contributed by atoms with Crippen LogP contribution in [-0.2, 0) is 22.9 Å².